The first-order chi connectivity index (χ1) is 15.6. The molecule has 7 nitrogen and oxygen atoms in total. The highest BCUT2D eigenvalue weighted by atomic mass is 32.2. The summed E-state index contributed by atoms with van der Waals surface area (Å²) in [5.74, 6) is -2.76. The topological polar surface area (TPSA) is 95.6 Å². The van der Waals surface area contributed by atoms with Crippen LogP contribution in [-0.4, -0.2) is 27.3 Å². The number of halogens is 2. The summed E-state index contributed by atoms with van der Waals surface area (Å²) >= 11 is 0. The maximum absolute atomic E-state index is 13.4. The normalized spacial score (nSPS) is 11.2. The minimum absolute atomic E-state index is 0.0107. The van der Waals surface area contributed by atoms with Gasteiger partial charge in [0.2, 0.25) is 15.9 Å². The van der Waals surface area contributed by atoms with Gasteiger partial charge in [0.1, 0.15) is 0 Å². The van der Waals surface area contributed by atoms with Crippen molar-refractivity contribution in [2.24, 2.45) is 0 Å². The van der Waals surface area contributed by atoms with Gasteiger partial charge in [0.05, 0.1) is 4.90 Å². The van der Waals surface area contributed by atoms with Crippen molar-refractivity contribution in [3.05, 3.63) is 89.5 Å². The summed E-state index contributed by atoms with van der Waals surface area (Å²) in [5.41, 5.74) is 1.58. The molecule has 10 heteroatoms. The Morgan fingerprint density at radius 1 is 0.909 bits per heavy atom. The highest BCUT2D eigenvalue weighted by Gasteiger charge is 2.16. The van der Waals surface area contributed by atoms with Gasteiger partial charge >= 0.3 is 0 Å². The van der Waals surface area contributed by atoms with Gasteiger partial charge in [-0.25, -0.2) is 21.9 Å². The Labute approximate surface area is 190 Å². The molecule has 0 aromatic heterocycles. The number of hydrogen-bond donors (Lipinski definition) is 2. The monoisotopic (exact) mass is 473 g/mol. The van der Waals surface area contributed by atoms with E-state index in [1.807, 2.05) is 0 Å². The first-order valence-corrected chi connectivity index (χ1v) is 11.2. The van der Waals surface area contributed by atoms with Gasteiger partial charge in [-0.2, -0.15) is 0 Å². The Kier molecular flexibility index (Phi) is 7.19. The van der Waals surface area contributed by atoms with Crippen LogP contribution in [0.15, 0.2) is 71.6 Å². The third-order valence-corrected chi connectivity index (χ3v) is 6.16. The number of carbonyl (C=O) groups excluding carboxylic acids is 2. The lowest BCUT2D eigenvalue weighted by Gasteiger charge is -2.18. The highest BCUT2D eigenvalue weighted by Crippen LogP contribution is 2.19. The van der Waals surface area contributed by atoms with Crippen LogP contribution in [0.2, 0.25) is 0 Å². The van der Waals surface area contributed by atoms with E-state index >= 15 is 0 Å². The number of amides is 2. The summed E-state index contributed by atoms with van der Waals surface area (Å²) in [6.07, 6.45) is 0. The second kappa shape index (κ2) is 9.88. The van der Waals surface area contributed by atoms with Gasteiger partial charge in [-0.15, -0.1) is 0 Å². The molecule has 3 rings (SSSR count). The fourth-order valence-corrected chi connectivity index (χ4v) is 3.97. The van der Waals surface area contributed by atoms with E-state index in [-0.39, 0.29) is 23.0 Å². The summed E-state index contributed by atoms with van der Waals surface area (Å²) in [5, 5.41) is 2.56. The molecular formula is C23H21F2N3O4S. The molecule has 0 heterocycles. The van der Waals surface area contributed by atoms with Crippen LogP contribution in [0.25, 0.3) is 0 Å². The zero-order valence-corrected chi connectivity index (χ0v) is 18.6. The predicted molar refractivity (Wildman–Crippen MR) is 120 cm³/mol. The van der Waals surface area contributed by atoms with Crippen LogP contribution in [-0.2, 0) is 21.4 Å². The van der Waals surface area contributed by atoms with Crippen LogP contribution in [0.4, 0.5) is 20.2 Å². The summed E-state index contributed by atoms with van der Waals surface area (Å²) in [6.45, 7) is 1.34. The number of rotatable bonds is 7. The molecule has 33 heavy (non-hydrogen) atoms. The summed E-state index contributed by atoms with van der Waals surface area (Å²) < 4.78 is 54.0. The molecule has 0 bridgehead atoms. The van der Waals surface area contributed by atoms with Gasteiger partial charge in [-0.05, 0) is 54.1 Å². The smallest absolute Gasteiger partial charge is 0.258 e. The molecule has 0 aliphatic heterocycles. The lowest BCUT2D eigenvalue weighted by molar-refractivity contribution is -0.114. The van der Waals surface area contributed by atoms with Crippen molar-refractivity contribution in [2.75, 3.05) is 17.3 Å². The van der Waals surface area contributed by atoms with E-state index in [0.717, 1.165) is 12.1 Å². The zero-order chi connectivity index (χ0) is 24.2. The first-order valence-electron chi connectivity index (χ1n) is 9.76. The summed E-state index contributed by atoms with van der Waals surface area (Å²) in [7, 11) is -2.35. The standard InChI is InChI=1S/C23H21F2N3O4S/c1-15(29)27-18-7-10-20(11-8-18)33(31,32)26-14-16-3-5-17(6-4-16)23(30)28(2)19-9-12-21(24)22(25)13-19/h3-13,26H,14H2,1-2H3,(H,27,29). The van der Waals surface area contributed by atoms with Crippen molar-refractivity contribution in [1.29, 1.82) is 0 Å². The molecule has 0 fully saturated rings. The molecule has 0 atom stereocenters. The second-order valence-electron chi connectivity index (χ2n) is 7.19. The minimum Gasteiger partial charge on any atom is -0.326 e. The molecule has 3 aromatic rings. The molecule has 0 aliphatic rings. The number of nitrogens with one attached hydrogen (secondary N) is 2. The molecule has 0 aliphatic carbocycles. The van der Waals surface area contributed by atoms with E-state index in [1.165, 1.54) is 61.3 Å². The Balaban J connectivity index is 1.64. The van der Waals surface area contributed by atoms with E-state index in [0.29, 0.717) is 16.8 Å². The maximum atomic E-state index is 13.4. The fourth-order valence-electron chi connectivity index (χ4n) is 2.95. The Bertz CT molecular complexity index is 1280. The lowest BCUT2D eigenvalue weighted by Crippen LogP contribution is -2.26. The van der Waals surface area contributed by atoms with Crippen LogP contribution in [0.3, 0.4) is 0 Å². The molecule has 0 unspecified atom stereocenters. The largest absolute Gasteiger partial charge is 0.326 e. The van der Waals surface area contributed by atoms with Gasteiger partial charge in [0, 0.05) is 43.5 Å². The Hall–Kier alpha value is -3.63. The summed E-state index contributed by atoms with van der Waals surface area (Å²) in [6, 6.07) is 15.1. The third-order valence-electron chi connectivity index (χ3n) is 4.75. The van der Waals surface area contributed by atoms with Gasteiger partial charge in [0.15, 0.2) is 11.6 Å². The third kappa shape index (κ3) is 5.99. The van der Waals surface area contributed by atoms with Crippen LogP contribution in [0.1, 0.15) is 22.8 Å². The minimum atomic E-state index is -3.79. The van der Waals surface area contributed by atoms with E-state index in [1.54, 1.807) is 12.1 Å². The summed E-state index contributed by atoms with van der Waals surface area (Å²) in [4.78, 5) is 24.9. The number of hydrogen-bond acceptors (Lipinski definition) is 4. The van der Waals surface area contributed by atoms with Gasteiger partial charge in [0.25, 0.3) is 5.91 Å². The van der Waals surface area contributed by atoms with Crippen molar-refractivity contribution in [3.8, 4) is 0 Å². The molecule has 172 valence electrons. The molecule has 0 radical (unpaired) electrons. The molecule has 3 aromatic carbocycles. The molecule has 0 saturated carbocycles. The highest BCUT2D eigenvalue weighted by molar-refractivity contribution is 7.89. The van der Waals surface area contributed by atoms with Crippen molar-refractivity contribution in [3.63, 3.8) is 0 Å². The molecule has 2 N–H and O–H groups in total. The van der Waals surface area contributed by atoms with Crippen molar-refractivity contribution in [1.82, 2.24) is 4.72 Å². The van der Waals surface area contributed by atoms with Crippen LogP contribution < -0.4 is 14.9 Å². The Morgan fingerprint density at radius 2 is 1.55 bits per heavy atom. The van der Waals surface area contributed by atoms with Gasteiger partial charge < -0.3 is 10.2 Å². The van der Waals surface area contributed by atoms with Crippen LogP contribution in [0.5, 0.6) is 0 Å². The van der Waals surface area contributed by atoms with E-state index in [4.69, 9.17) is 0 Å². The van der Waals surface area contributed by atoms with E-state index < -0.39 is 27.6 Å². The average molecular weight is 474 g/mol. The fraction of sp³-hybridized carbons (Fsp3) is 0.130. The van der Waals surface area contributed by atoms with Crippen LogP contribution >= 0.6 is 0 Å². The van der Waals surface area contributed by atoms with Crippen molar-refractivity contribution < 1.29 is 26.8 Å². The number of carbonyl (C=O) groups is 2. The Morgan fingerprint density at radius 3 is 2.12 bits per heavy atom. The zero-order valence-electron chi connectivity index (χ0n) is 17.8. The molecule has 0 spiro atoms. The number of benzene rings is 3. The quantitative estimate of drug-likeness (QED) is 0.547. The first kappa shape index (κ1) is 24.0. The van der Waals surface area contributed by atoms with Crippen molar-refractivity contribution in [2.45, 2.75) is 18.4 Å². The molecule has 2 amide bonds. The maximum Gasteiger partial charge on any atom is 0.258 e. The van der Waals surface area contributed by atoms with Crippen LogP contribution in [0, 0.1) is 11.6 Å². The number of sulfonamides is 1. The second-order valence-corrected chi connectivity index (χ2v) is 8.96. The van der Waals surface area contributed by atoms with Crippen molar-refractivity contribution >= 4 is 33.2 Å². The van der Waals surface area contributed by atoms with Gasteiger partial charge in [-0.1, -0.05) is 12.1 Å². The number of anilines is 2. The SMILES string of the molecule is CC(=O)Nc1ccc(S(=O)(=O)NCc2ccc(C(=O)N(C)c3ccc(F)c(F)c3)cc2)cc1. The van der Waals surface area contributed by atoms with Gasteiger partial charge in [-0.3, -0.25) is 9.59 Å². The predicted octanol–water partition coefficient (Wildman–Crippen LogP) is 3.68. The van der Waals surface area contributed by atoms with E-state index in [2.05, 4.69) is 10.0 Å². The number of nitrogens with zero attached hydrogens (tertiary/aromatic N) is 1. The average Bonchev–Trinajstić information content (AvgIpc) is 2.79. The van der Waals surface area contributed by atoms with E-state index in [9.17, 15) is 26.8 Å². The molecular weight excluding hydrogens is 452 g/mol. The molecule has 0 saturated heterocycles. The lowest BCUT2D eigenvalue weighted by atomic mass is 10.1.